The smallest absolute Gasteiger partial charge is 0.347 e. The molecular formula is C13H18O3. The van der Waals surface area contributed by atoms with E-state index in [1.54, 1.807) is 0 Å². The topological polar surface area (TPSA) is 35.5 Å². The summed E-state index contributed by atoms with van der Waals surface area (Å²) in [6, 6.07) is 5.80. The van der Waals surface area contributed by atoms with Crippen molar-refractivity contribution in [3.8, 4) is 5.75 Å². The van der Waals surface area contributed by atoms with Crippen LogP contribution in [0.25, 0.3) is 0 Å². The molecule has 0 saturated heterocycles. The Morgan fingerprint density at radius 1 is 1.38 bits per heavy atom. The van der Waals surface area contributed by atoms with Gasteiger partial charge < -0.3 is 9.47 Å². The van der Waals surface area contributed by atoms with Crippen LogP contribution in [0.5, 0.6) is 5.75 Å². The summed E-state index contributed by atoms with van der Waals surface area (Å²) in [5.74, 6) is 0.417. The molecule has 0 saturated carbocycles. The summed E-state index contributed by atoms with van der Waals surface area (Å²) in [5.41, 5.74) is 2.21. The quantitative estimate of drug-likeness (QED) is 0.735. The van der Waals surface area contributed by atoms with Crippen molar-refractivity contribution >= 4 is 5.97 Å². The first-order valence-corrected chi connectivity index (χ1v) is 5.40. The average molecular weight is 222 g/mol. The molecule has 1 atom stereocenters. The third-order valence-electron chi connectivity index (χ3n) is 2.66. The lowest BCUT2D eigenvalue weighted by Crippen LogP contribution is -2.28. The largest absolute Gasteiger partial charge is 0.478 e. The maximum Gasteiger partial charge on any atom is 0.347 e. The third-order valence-corrected chi connectivity index (χ3v) is 2.66. The molecule has 0 amide bonds. The number of benzene rings is 1. The van der Waals surface area contributed by atoms with Gasteiger partial charge in [-0.1, -0.05) is 19.1 Å². The summed E-state index contributed by atoms with van der Waals surface area (Å²) in [6.07, 6.45) is 0.0746. The number of rotatable bonds is 4. The van der Waals surface area contributed by atoms with Crippen molar-refractivity contribution in [1.82, 2.24) is 0 Å². The molecule has 16 heavy (non-hydrogen) atoms. The lowest BCUT2D eigenvalue weighted by molar-refractivity contribution is -0.148. The first-order valence-electron chi connectivity index (χ1n) is 5.40. The Balaban J connectivity index is 2.86. The highest BCUT2D eigenvalue weighted by molar-refractivity contribution is 5.74. The molecule has 0 radical (unpaired) electrons. The molecule has 0 fully saturated rings. The molecule has 0 heterocycles. The number of ether oxygens (including phenoxy) is 2. The number of hydrogen-bond donors (Lipinski definition) is 0. The molecule has 0 N–H and O–H groups in total. The highest BCUT2D eigenvalue weighted by Crippen LogP contribution is 2.22. The fraction of sp³-hybridized carbons (Fsp3) is 0.462. The molecular weight excluding hydrogens is 204 g/mol. The second kappa shape index (κ2) is 5.54. The highest BCUT2D eigenvalue weighted by Gasteiger charge is 2.19. The van der Waals surface area contributed by atoms with Crippen molar-refractivity contribution < 1.29 is 14.3 Å². The zero-order valence-corrected chi connectivity index (χ0v) is 10.2. The fourth-order valence-electron chi connectivity index (χ4n) is 1.43. The van der Waals surface area contributed by atoms with Gasteiger partial charge in [0.2, 0.25) is 0 Å². The SMILES string of the molecule is CCC(Oc1cccc(C)c1C)C(=O)OC. The van der Waals surface area contributed by atoms with E-state index in [9.17, 15) is 4.79 Å². The van der Waals surface area contributed by atoms with Crippen LogP contribution in [0.3, 0.4) is 0 Å². The van der Waals surface area contributed by atoms with Crippen LogP contribution >= 0.6 is 0 Å². The van der Waals surface area contributed by atoms with Crippen LogP contribution in [0.1, 0.15) is 24.5 Å². The first-order chi connectivity index (χ1) is 7.60. The predicted molar refractivity (Wildman–Crippen MR) is 62.6 cm³/mol. The first kappa shape index (κ1) is 12.6. The maximum atomic E-state index is 11.4. The Morgan fingerprint density at radius 2 is 2.06 bits per heavy atom. The number of carbonyl (C=O) groups excluding carboxylic acids is 1. The molecule has 1 aromatic rings. The molecule has 0 spiro atoms. The maximum absolute atomic E-state index is 11.4. The predicted octanol–water partition coefficient (Wildman–Crippen LogP) is 2.63. The van der Waals surface area contributed by atoms with Gasteiger partial charge in [-0.05, 0) is 37.5 Å². The van der Waals surface area contributed by atoms with Crippen LogP contribution in [0.15, 0.2) is 18.2 Å². The minimum absolute atomic E-state index is 0.330. The summed E-state index contributed by atoms with van der Waals surface area (Å²) >= 11 is 0. The molecule has 88 valence electrons. The van der Waals surface area contributed by atoms with Crippen LogP contribution in [-0.2, 0) is 9.53 Å². The van der Waals surface area contributed by atoms with Crippen LogP contribution in [-0.4, -0.2) is 19.2 Å². The van der Waals surface area contributed by atoms with Gasteiger partial charge >= 0.3 is 5.97 Å². The normalized spacial score (nSPS) is 12.0. The van der Waals surface area contributed by atoms with Gasteiger partial charge in [0.1, 0.15) is 5.75 Å². The molecule has 3 nitrogen and oxygen atoms in total. The van der Waals surface area contributed by atoms with Crippen molar-refractivity contribution in [1.29, 1.82) is 0 Å². The zero-order valence-electron chi connectivity index (χ0n) is 10.2. The Kier molecular flexibility index (Phi) is 4.35. The van der Waals surface area contributed by atoms with Gasteiger partial charge in [-0.25, -0.2) is 4.79 Å². The van der Waals surface area contributed by atoms with Gasteiger partial charge in [0.25, 0.3) is 0 Å². The molecule has 1 aromatic carbocycles. The second-order valence-corrected chi connectivity index (χ2v) is 3.74. The van der Waals surface area contributed by atoms with E-state index in [4.69, 9.17) is 4.74 Å². The van der Waals surface area contributed by atoms with Gasteiger partial charge in [-0.15, -0.1) is 0 Å². The summed E-state index contributed by atoms with van der Waals surface area (Å²) < 4.78 is 10.3. The number of aryl methyl sites for hydroxylation is 1. The van der Waals surface area contributed by atoms with Crippen molar-refractivity contribution in [3.05, 3.63) is 29.3 Å². The number of hydrogen-bond acceptors (Lipinski definition) is 3. The van der Waals surface area contributed by atoms with Crippen LogP contribution in [0, 0.1) is 13.8 Å². The van der Waals surface area contributed by atoms with E-state index in [0.29, 0.717) is 6.42 Å². The van der Waals surface area contributed by atoms with E-state index >= 15 is 0 Å². The van der Waals surface area contributed by atoms with E-state index in [1.165, 1.54) is 7.11 Å². The lowest BCUT2D eigenvalue weighted by Gasteiger charge is -2.17. The van der Waals surface area contributed by atoms with Crippen LogP contribution < -0.4 is 4.74 Å². The molecule has 0 aromatic heterocycles. The number of esters is 1. The summed E-state index contributed by atoms with van der Waals surface area (Å²) in [5, 5.41) is 0. The summed E-state index contributed by atoms with van der Waals surface area (Å²) in [6.45, 7) is 5.89. The Labute approximate surface area is 96.4 Å². The standard InChI is InChI=1S/C13H18O3/c1-5-11(13(14)15-4)16-12-8-6-7-9(2)10(12)3/h6-8,11H,5H2,1-4H3. The van der Waals surface area contributed by atoms with Crippen molar-refractivity contribution in [2.75, 3.05) is 7.11 Å². The average Bonchev–Trinajstić information content (AvgIpc) is 2.30. The van der Waals surface area contributed by atoms with E-state index < -0.39 is 6.10 Å². The number of methoxy groups -OCH3 is 1. The van der Waals surface area contributed by atoms with Gasteiger partial charge in [-0.2, -0.15) is 0 Å². The molecule has 0 aliphatic heterocycles. The van der Waals surface area contributed by atoms with Crippen molar-refractivity contribution in [2.24, 2.45) is 0 Å². The Hall–Kier alpha value is -1.51. The van der Waals surface area contributed by atoms with E-state index in [1.807, 2.05) is 39.0 Å². The zero-order chi connectivity index (χ0) is 12.1. The molecule has 0 aliphatic carbocycles. The molecule has 3 heteroatoms. The van der Waals surface area contributed by atoms with E-state index in [0.717, 1.165) is 16.9 Å². The number of carbonyl (C=O) groups is 1. The minimum Gasteiger partial charge on any atom is -0.478 e. The fourth-order valence-corrected chi connectivity index (χ4v) is 1.43. The van der Waals surface area contributed by atoms with Gasteiger partial charge in [0.05, 0.1) is 7.11 Å². The third kappa shape index (κ3) is 2.75. The monoisotopic (exact) mass is 222 g/mol. The summed E-state index contributed by atoms with van der Waals surface area (Å²) in [4.78, 5) is 11.4. The van der Waals surface area contributed by atoms with E-state index in [2.05, 4.69) is 4.74 Å². The molecule has 0 aliphatic rings. The van der Waals surface area contributed by atoms with Gasteiger partial charge in [-0.3, -0.25) is 0 Å². The Bertz CT molecular complexity index is 371. The van der Waals surface area contributed by atoms with Crippen LogP contribution in [0.2, 0.25) is 0 Å². The summed E-state index contributed by atoms with van der Waals surface area (Å²) in [7, 11) is 1.37. The van der Waals surface area contributed by atoms with Crippen molar-refractivity contribution in [2.45, 2.75) is 33.3 Å². The highest BCUT2D eigenvalue weighted by atomic mass is 16.6. The Morgan fingerprint density at radius 3 is 2.62 bits per heavy atom. The van der Waals surface area contributed by atoms with Crippen LogP contribution in [0.4, 0.5) is 0 Å². The second-order valence-electron chi connectivity index (χ2n) is 3.74. The van der Waals surface area contributed by atoms with Gasteiger partial charge in [0.15, 0.2) is 6.10 Å². The van der Waals surface area contributed by atoms with E-state index in [-0.39, 0.29) is 5.97 Å². The minimum atomic E-state index is -0.523. The van der Waals surface area contributed by atoms with Gasteiger partial charge in [0, 0.05) is 0 Å². The van der Waals surface area contributed by atoms with Crippen molar-refractivity contribution in [3.63, 3.8) is 0 Å². The molecule has 1 rings (SSSR count). The molecule has 0 bridgehead atoms. The lowest BCUT2D eigenvalue weighted by atomic mass is 10.1. The molecule has 1 unspecified atom stereocenters.